The highest BCUT2D eigenvalue weighted by Gasteiger charge is 2.28. The highest BCUT2D eigenvalue weighted by atomic mass is 32.1. The molecule has 110 valence electrons. The number of likely N-dealkylation sites (tertiary alicyclic amines) is 1. The minimum atomic E-state index is -0.298. The summed E-state index contributed by atoms with van der Waals surface area (Å²) in [7, 11) is 0. The molecule has 21 heavy (non-hydrogen) atoms. The first-order chi connectivity index (χ1) is 10.2. The van der Waals surface area contributed by atoms with Gasteiger partial charge in [0.1, 0.15) is 0 Å². The summed E-state index contributed by atoms with van der Waals surface area (Å²) < 4.78 is 0. The van der Waals surface area contributed by atoms with Gasteiger partial charge in [-0.2, -0.15) is 0 Å². The molecule has 0 saturated carbocycles. The molecule has 0 bridgehead atoms. The second-order valence-electron chi connectivity index (χ2n) is 4.87. The molecule has 0 spiro atoms. The van der Waals surface area contributed by atoms with Crippen molar-refractivity contribution in [1.82, 2.24) is 19.9 Å². The van der Waals surface area contributed by atoms with Gasteiger partial charge in [0.15, 0.2) is 5.13 Å². The van der Waals surface area contributed by atoms with Gasteiger partial charge in [-0.3, -0.25) is 9.69 Å². The first-order valence-corrected chi connectivity index (χ1v) is 7.62. The summed E-state index contributed by atoms with van der Waals surface area (Å²) in [6.45, 7) is 1.17. The van der Waals surface area contributed by atoms with Gasteiger partial charge in [0.2, 0.25) is 11.9 Å². The maximum Gasteiger partial charge on any atom is 0.231 e. The van der Waals surface area contributed by atoms with E-state index in [1.807, 2.05) is 5.38 Å². The van der Waals surface area contributed by atoms with Crippen LogP contribution < -0.4 is 11.1 Å². The van der Waals surface area contributed by atoms with Crippen LogP contribution >= 0.6 is 11.3 Å². The zero-order valence-corrected chi connectivity index (χ0v) is 12.2. The largest absolute Gasteiger partial charge is 0.369 e. The number of nitrogens with two attached hydrogens (primary N) is 1. The lowest BCUT2D eigenvalue weighted by molar-refractivity contribution is -0.119. The summed E-state index contributed by atoms with van der Waals surface area (Å²) in [5.74, 6) is 0.229. The minimum Gasteiger partial charge on any atom is -0.369 e. The molecule has 1 aliphatic rings. The Morgan fingerprint density at radius 2 is 2.29 bits per heavy atom. The number of carbonyl (C=O) groups excluding carboxylic acids is 1. The fourth-order valence-corrected chi connectivity index (χ4v) is 3.26. The van der Waals surface area contributed by atoms with Crippen molar-refractivity contribution in [2.75, 3.05) is 18.4 Å². The van der Waals surface area contributed by atoms with Crippen LogP contribution in [0.3, 0.4) is 0 Å². The number of hydrogen-bond donors (Lipinski definition) is 2. The first kappa shape index (κ1) is 13.9. The van der Waals surface area contributed by atoms with E-state index in [-0.39, 0.29) is 18.5 Å². The normalized spacial score (nSPS) is 18.8. The molecule has 1 saturated heterocycles. The fourth-order valence-electron chi connectivity index (χ4n) is 2.51. The van der Waals surface area contributed by atoms with Crippen LogP contribution in [0.4, 0.5) is 11.1 Å². The highest BCUT2D eigenvalue weighted by molar-refractivity contribution is 7.13. The molecule has 3 N–H and O–H groups in total. The van der Waals surface area contributed by atoms with Gasteiger partial charge in [-0.15, -0.1) is 11.3 Å². The summed E-state index contributed by atoms with van der Waals surface area (Å²) in [5, 5.41) is 5.84. The Balaban J connectivity index is 1.71. The van der Waals surface area contributed by atoms with Gasteiger partial charge < -0.3 is 11.1 Å². The number of amides is 1. The Hall–Kier alpha value is -2.06. The Morgan fingerprint density at radius 3 is 3.05 bits per heavy atom. The van der Waals surface area contributed by atoms with Crippen molar-refractivity contribution in [3.05, 3.63) is 29.5 Å². The summed E-state index contributed by atoms with van der Waals surface area (Å²) in [4.78, 5) is 26.0. The summed E-state index contributed by atoms with van der Waals surface area (Å²) in [6, 6.07) is 1.93. The third kappa shape index (κ3) is 3.34. The van der Waals surface area contributed by atoms with E-state index in [2.05, 4.69) is 25.2 Å². The van der Waals surface area contributed by atoms with Crippen LogP contribution in [0.5, 0.6) is 0 Å². The van der Waals surface area contributed by atoms with E-state index in [1.54, 1.807) is 18.5 Å². The molecular formula is C13H16N6OS. The van der Waals surface area contributed by atoms with Gasteiger partial charge in [0.05, 0.1) is 18.3 Å². The molecule has 2 aromatic rings. The van der Waals surface area contributed by atoms with Crippen molar-refractivity contribution < 1.29 is 4.79 Å². The lowest BCUT2D eigenvalue weighted by Crippen LogP contribution is -2.33. The topological polar surface area (TPSA) is 97.0 Å². The van der Waals surface area contributed by atoms with Crippen LogP contribution in [0, 0.1) is 0 Å². The predicted octanol–water partition coefficient (Wildman–Crippen LogP) is 1.30. The molecule has 0 unspecified atom stereocenters. The van der Waals surface area contributed by atoms with Crippen LogP contribution in [-0.2, 0) is 4.79 Å². The van der Waals surface area contributed by atoms with Gasteiger partial charge in [-0.05, 0) is 25.5 Å². The monoisotopic (exact) mass is 304 g/mol. The molecular weight excluding hydrogens is 288 g/mol. The van der Waals surface area contributed by atoms with E-state index in [4.69, 9.17) is 5.73 Å². The summed E-state index contributed by atoms with van der Waals surface area (Å²) in [5.41, 5.74) is 6.26. The third-order valence-electron chi connectivity index (χ3n) is 3.37. The second-order valence-corrected chi connectivity index (χ2v) is 5.73. The van der Waals surface area contributed by atoms with Gasteiger partial charge in [0.25, 0.3) is 0 Å². The number of aromatic nitrogens is 3. The average Bonchev–Trinajstić information content (AvgIpc) is 3.08. The van der Waals surface area contributed by atoms with E-state index in [0.29, 0.717) is 5.95 Å². The van der Waals surface area contributed by atoms with Gasteiger partial charge in [-0.1, -0.05) is 0 Å². The number of nitrogens with one attached hydrogen (secondary N) is 1. The molecule has 7 nitrogen and oxygen atoms in total. The SMILES string of the molecule is NC(=O)CN1CCC[C@@H]1c1csc(Nc2ncccn2)n1. The maximum absolute atomic E-state index is 11.1. The zero-order valence-electron chi connectivity index (χ0n) is 11.4. The molecule has 2 aromatic heterocycles. The van der Waals surface area contributed by atoms with Crippen molar-refractivity contribution in [2.24, 2.45) is 5.73 Å². The summed E-state index contributed by atoms with van der Waals surface area (Å²) >= 11 is 1.51. The highest BCUT2D eigenvalue weighted by Crippen LogP contribution is 2.33. The number of primary amides is 1. The predicted molar refractivity (Wildman–Crippen MR) is 80.2 cm³/mol. The second kappa shape index (κ2) is 6.15. The number of thiazole rings is 1. The number of nitrogens with zero attached hydrogens (tertiary/aromatic N) is 4. The van der Waals surface area contributed by atoms with Gasteiger partial charge in [-0.25, -0.2) is 15.0 Å². The van der Waals surface area contributed by atoms with Crippen molar-refractivity contribution in [1.29, 1.82) is 0 Å². The quantitative estimate of drug-likeness (QED) is 0.864. The molecule has 3 rings (SSSR count). The Bertz CT molecular complexity index is 616. The van der Waals surface area contributed by atoms with E-state index in [0.717, 1.165) is 30.2 Å². The van der Waals surface area contributed by atoms with Crippen LogP contribution in [0.1, 0.15) is 24.6 Å². The smallest absolute Gasteiger partial charge is 0.231 e. The molecule has 8 heteroatoms. The van der Waals surface area contributed by atoms with Crippen molar-refractivity contribution >= 4 is 28.3 Å². The Morgan fingerprint density at radius 1 is 1.48 bits per heavy atom. The van der Waals surface area contributed by atoms with E-state index >= 15 is 0 Å². The number of carbonyl (C=O) groups is 1. The third-order valence-corrected chi connectivity index (χ3v) is 4.15. The molecule has 1 atom stereocenters. The maximum atomic E-state index is 11.1. The lowest BCUT2D eigenvalue weighted by Gasteiger charge is -2.21. The van der Waals surface area contributed by atoms with E-state index in [9.17, 15) is 4.79 Å². The molecule has 0 aromatic carbocycles. The number of hydrogen-bond acceptors (Lipinski definition) is 7. The average molecular weight is 304 g/mol. The Kier molecular flexibility index (Phi) is 4.07. The van der Waals surface area contributed by atoms with Gasteiger partial charge in [0, 0.05) is 17.8 Å². The van der Waals surface area contributed by atoms with Crippen molar-refractivity contribution in [3.8, 4) is 0 Å². The molecule has 1 aliphatic heterocycles. The number of anilines is 2. The standard InChI is InChI=1S/C13H16N6OS/c14-11(20)7-19-6-1-3-10(19)9-8-21-13(17-9)18-12-15-4-2-5-16-12/h2,4-5,8,10H,1,3,6-7H2,(H2,14,20)(H,15,16,17,18)/t10-/m1/s1. The Labute approximate surface area is 126 Å². The van der Waals surface area contributed by atoms with E-state index in [1.165, 1.54) is 11.3 Å². The molecule has 1 fully saturated rings. The minimum absolute atomic E-state index is 0.168. The lowest BCUT2D eigenvalue weighted by atomic mass is 10.2. The van der Waals surface area contributed by atoms with Crippen molar-refractivity contribution in [2.45, 2.75) is 18.9 Å². The zero-order chi connectivity index (χ0) is 14.7. The molecule has 0 radical (unpaired) electrons. The molecule has 0 aliphatic carbocycles. The molecule has 1 amide bonds. The van der Waals surface area contributed by atoms with Gasteiger partial charge >= 0.3 is 0 Å². The van der Waals surface area contributed by atoms with Crippen LogP contribution in [0.2, 0.25) is 0 Å². The fraction of sp³-hybridized carbons (Fsp3) is 0.385. The molecule has 3 heterocycles. The van der Waals surface area contributed by atoms with Crippen LogP contribution in [-0.4, -0.2) is 38.8 Å². The van der Waals surface area contributed by atoms with Crippen molar-refractivity contribution in [3.63, 3.8) is 0 Å². The van der Waals surface area contributed by atoms with Crippen LogP contribution in [0.15, 0.2) is 23.8 Å². The van der Waals surface area contributed by atoms with Crippen LogP contribution in [0.25, 0.3) is 0 Å². The summed E-state index contributed by atoms with van der Waals surface area (Å²) in [6.07, 6.45) is 5.41. The first-order valence-electron chi connectivity index (χ1n) is 6.74. The van der Waals surface area contributed by atoms with E-state index < -0.39 is 0 Å². The number of rotatable bonds is 5.